The van der Waals surface area contributed by atoms with Crippen LogP contribution in [0, 0.1) is 0 Å². The number of morpholine rings is 1. The van der Waals surface area contributed by atoms with E-state index in [0.29, 0.717) is 6.10 Å². The fraction of sp³-hybridized carbons (Fsp3) is 0.538. The highest BCUT2D eigenvalue weighted by Crippen LogP contribution is 2.35. The lowest BCUT2D eigenvalue weighted by molar-refractivity contribution is 0.0257. The molecule has 0 aromatic heterocycles. The van der Waals surface area contributed by atoms with Gasteiger partial charge in [0.05, 0.1) is 18.8 Å². The van der Waals surface area contributed by atoms with E-state index in [4.69, 9.17) is 9.47 Å². The van der Waals surface area contributed by atoms with Gasteiger partial charge in [-0.15, -0.1) is 0 Å². The summed E-state index contributed by atoms with van der Waals surface area (Å²) in [5.74, 6) is 0.976. The normalized spacial score (nSPS) is 24.6. The van der Waals surface area contributed by atoms with Gasteiger partial charge in [0.25, 0.3) is 0 Å². The van der Waals surface area contributed by atoms with E-state index in [1.54, 1.807) is 0 Å². The number of halogens is 1. The van der Waals surface area contributed by atoms with Crippen LogP contribution in [0.1, 0.15) is 24.5 Å². The van der Waals surface area contributed by atoms with Crippen LogP contribution in [0.15, 0.2) is 22.7 Å². The molecule has 1 atom stereocenters. The molecule has 1 saturated carbocycles. The van der Waals surface area contributed by atoms with Gasteiger partial charge in [0.1, 0.15) is 5.75 Å². The Kier molecular flexibility index (Phi) is 3.36. The van der Waals surface area contributed by atoms with Gasteiger partial charge in [0.15, 0.2) is 0 Å². The minimum absolute atomic E-state index is 0.106. The molecular weight excluding hydrogens is 282 g/mol. The van der Waals surface area contributed by atoms with Crippen molar-refractivity contribution < 1.29 is 9.47 Å². The number of hydrogen-bond donors (Lipinski definition) is 1. The molecule has 1 aliphatic carbocycles. The average Bonchev–Trinajstić information content (AvgIpc) is 3.17. The van der Waals surface area contributed by atoms with E-state index < -0.39 is 0 Å². The first kappa shape index (κ1) is 11.5. The van der Waals surface area contributed by atoms with E-state index in [9.17, 15) is 0 Å². The molecule has 2 fully saturated rings. The van der Waals surface area contributed by atoms with Crippen molar-refractivity contribution in [3.8, 4) is 5.75 Å². The Morgan fingerprint density at radius 2 is 2.24 bits per heavy atom. The van der Waals surface area contributed by atoms with Crippen LogP contribution >= 0.6 is 15.9 Å². The number of ether oxygens (including phenoxy) is 2. The summed E-state index contributed by atoms with van der Waals surface area (Å²) in [5.41, 5.74) is 1.15. The predicted molar refractivity (Wildman–Crippen MR) is 69.4 cm³/mol. The molecule has 17 heavy (non-hydrogen) atoms. The van der Waals surface area contributed by atoms with Crippen molar-refractivity contribution in [3.63, 3.8) is 0 Å². The van der Waals surface area contributed by atoms with Gasteiger partial charge < -0.3 is 14.8 Å². The molecule has 0 spiro atoms. The lowest BCUT2D eigenvalue weighted by Gasteiger charge is -2.25. The fourth-order valence-electron chi connectivity index (χ4n) is 2.01. The van der Waals surface area contributed by atoms with Crippen LogP contribution in [-0.2, 0) is 4.74 Å². The average molecular weight is 298 g/mol. The van der Waals surface area contributed by atoms with Crippen molar-refractivity contribution >= 4 is 15.9 Å². The van der Waals surface area contributed by atoms with Crippen LogP contribution < -0.4 is 10.1 Å². The molecule has 1 heterocycles. The summed E-state index contributed by atoms with van der Waals surface area (Å²) in [4.78, 5) is 0. The summed E-state index contributed by atoms with van der Waals surface area (Å²) in [6.07, 6.45) is 2.89. The van der Waals surface area contributed by atoms with Gasteiger partial charge in [-0.3, -0.25) is 0 Å². The predicted octanol–water partition coefficient (Wildman–Crippen LogP) is 2.65. The van der Waals surface area contributed by atoms with Crippen molar-refractivity contribution in [1.82, 2.24) is 5.32 Å². The quantitative estimate of drug-likeness (QED) is 0.930. The van der Waals surface area contributed by atoms with Crippen LogP contribution in [0.25, 0.3) is 0 Å². The summed E-state index contributed by atoms with van der Waals surface area (Å²) >= 11 is 3.51. The molecule has 3 nitrogen and oxygen atoms in total. The zero-order valence-corrected chi connectivity index (χ0v) is 11.2. The first-order valence-electron chi connectivity index (χ1n) is 6.11. The van der Waals surface area contributed by atoms with Crippen LogP contribution in [0.4, 0.5) is 0 Å². The van der Waals surface area contributed by atoms with E-state index in [2.05, 4.69) is 27.3 Å². The third-order valence-electron chi connectivity index (χ3n) is 3.06. The lowest BCUT2D eigenvalue weighted by Crippen LogP contribution is -2.33. The van der Waals surface area contributed by atoms with Crippen LogP contribution in [0.3, 0.4) is 0 Å². The summed E-state index contributed by atoms with van der Waals surface area (Å²) in [6, 6.07) is 6.17. The van der Waals surface area contributed by atoms with Crippen LogP contribution in [0.5, 0.6) is 5.75 Å². The zero-order valence-electron chi connectivity index (χ0n) is 9.62. The second-order valence-corrected chi connectivity index (χ2v) is 5.48. The van der Waals surface area contributed by atoms with Crippen molar-refractivity contribution in [3.05, 3.63) is 28.2 Å². The summed E-state index contributed by atoms with van der Waals surface area (Å²) in [7, 11) is 0. The molecule has 1 aliphatic heterocycles. The maximum Gasteiger partial charge on any atom is 0.125 e. The Hall–Kier alpha value is -0.580. The van der Waals surface area contributed by atoms with Gasteiger partial charge in [-0.1, -0.05) is 15.9 Å². The van der Waals surface area contributed by atoms with E-state index in [1.807, 2.05) is 12.1 Å². The first-order valence-corrected chi connectivity index (χ1v) is 6.90. The van der Waals surface area contributed by atoms with E-state index in [1.165, 1.54) is 12.8 Å². The van der Waals surface area contributed by atoms with E-state index in [0.717, 1.165) is 35.5 Å². The van der Waals surface area contributed by atoms with Crippen LogP contribution in [0.2, 0.25) is 0 Å². The number of rotatable bonds is 3. The second-order valence-electron chi connectivity index (χ2n) is 4.56. The van der Waals surface area contributed by atoms with Crippen molar-refractivity contribution in [2.24, 2.45) is 0 Å². The van der Waals surface area contributed by atoms with Gasteiger partial charge in [-0.05, 0) is 31.0 Å². The lowest BCUT2D eigenvalue weighted by atomic mass is 10.1. The number of nitrogens with one attached hydrogen (secondary N) is 1. The molecule has 1 unspecified atom stereocenters. The van der Waals surface area contributed by atoms with Crippen molar-refractivity contribution in [1.29, 1.82) is 0 Å². The minimum atomic E-state index is 0.106. The Labute approximate surface area is 110 Å². The Balaban J connectivity index is 1.85. The molecule has 0 radical (unpaired) electrons. The largest absolute Gasteiger partial charge is 0.490 e. The molecule has 3 rings (SSSR count). The Morgan fingerprint density at radius 3 is 2.94 bits per heavy atom. The zero-order chi connectivity index (χ0) is 11.7. The summed E-state index contributed by atoms with van der Waals surface area (Å²) in [5, 5.41) is 3.35. The van der Waals surface area contributed by atoms with E-state index >= 15 is 0 Å². The monoisotopic (exact) mass is 297 g/mol. The smallest absolute Gasteiger partial charge is 0.125 e. The van der Waals surface area contributed by atoms with Crippen molar-refractivity contribution in [2.45, 2.75) is 25.0 Å². The Bertz CT molecular complexity index is 400. The van der Waals surface area contributed by atoms with Gasteiger partial charge in [0.2, 0.25) is 0 Å². The van der Waals surface area contributed by atoms with Crippen molar-refractivity contribution in [2.75, 3.05) is 19.7 Å². The standard InChI is InChI=1S/C13H16BrNO2/c14-9-1-4-12(17-10-2-3-10)11(7-9)13-8-15-5-6-16-13/h1,4,7,10,13,15H,2-3,5-6,8H2. The van der Waals surface area contributed by atoms with Crippen LogP contribution in [-0.4, -0.2) is 25.8 Å². The van der Waals surface area contributed by atoms with E-state index in [-0.39, 0.29) is 6.10 Å². The minimum Gasteiger partial charge on any atom is -0.490 e. The molecule has 92 valence electrons. The fourth-order valence-corrected chi connectivity index (χ4v) is 2.39. The maximum absolute atomic E-state index is 5.94. The second kappa shape index (κ2) is 4.96. The molecule has 1 aromatic carbocycles. The molecule has 1 aromatic rings. The summed E-state index contributed by atoms with van der Waals surface area (Å²) < 4.78 is 12.8. The first-order chi connectivity index (χ1) is 8.33. The third-order valence-corrected chi connectivity index (χ3v) is 3.56. The highest BCUT2D eigenvalue weighted by Gasteiger charge is 2.27. The SMILES string of the molecule is Brc1ccc(OC2CC2)c(C2CNCCO2)c1. The molecule has 0 amide bonds. The van der Waals surface area contributed by atoms with Gasteiger partial charge in [-0.25, -0.2) is 0 Å². The molecule has 1 N–H and O–H groups in total. The third kappa shape index (κ3) is 2.81. The highest BCUT2D eigenvalue weighted by atomic mass is 79.9. The number of hydrogen-bond acceptors (Lipinski definition) is 3. The molecule has 0 bridgehead atoms. The van der Waals surface area contributed by atoms with Gasteiger partial charge in [-0.2, -0.15) is 0 Å². The molecular formula is C13H16BrNO2. The van der Waals surface area contributed by atoms with Gasteiger partial charge >= 0.3 is 0 Å². The maximum atomic E-state index is 5.94. The Morgan fingerprint density at radius 1 is 1.35 bits per heavy atom. The molecule has 2 aliphatic rings. The number of benzene rings is 1. The highest BCUT2D eigenvalue weighted by molar-refractivity contribution is 9.10. The van der Waals surface area contributed by atoms with Gasteiger partial charge in [0, 0.05) is 23.1 Å². The summed E-state index contributed by atoms with van der Waals surface area (Å²) in [6.45, 7) is 2.56. The molecule has 1 saturated heterocycles. The molecule has 4 heteroatoms. The topological polar surface area (TPSA) is 30.5 Å².